The van der Waals surface area contributed by atoms with Crippen LogP contribution in [0, 0.1) is 0 Å². The van der Waals surface area contributed by atoms with Crippen molar-refractivity contribution in [1.82, 2.24) is 25.9 Å². The van der Waals surface area contributed by atoms with Crippen LogP contribution in [0.25, 0.3) is 10.6 Å². The number of nitrogens with one attached hydrogen (secondary N) is 3. The summed E-state index contributed by atoms with van der Waals surface area (Å²) >= 11 is 1.55. The van der Waals surface area contributed by atoms with E-state index in [2.05, 4.69) is 25.9 Å². The molecule has 4 amide bonds. The molecule has 1 aliphatic rings. The highest BCUT2D eigenvalue weighted by Gasteiger charge is 2.29. The summed E-state index contributed by atoms with van der Waals surface area (Å²) in [5.74, 6) is -0.539. The van der Waals surface area contributed by atoms with Crippen LogP contribution in [-0.4, -0.2) is 40.4 Å². The molecule has 3 rings (SSSR count). The molecule has 0 spiro atoms. The van der Waals surface area contributed by atoms with Crippen molar-refractivity contribution >= 4 is 29.2 Å². The molecule has 0 saturated carbocycles. The lowest BCUT2D eigenvalue weighted by Crippen LogP contribution is -2.32. The highest BCUT2D eigenvalue weighted by molar-refractivity contribution is 7.13. The largest absolute Gasteiger partial charge is 0.356 e. The first kappa shape index (κ1) is 17.0. The van der Waals surface area contributed by atoms with Gasteiger partial charge in [-0.2, -0.15) is 0 Å². The lowest BCUT2D eigenvalue weighted by molar-refractivity contribution is -0.122. The van der Waals surface area contributed by atoms with Crippen LogP contribution < -0.4 is 16.0 Å². The molecular formula is C16H17N5O3S. The molecule has 1 aliphatic heterocycles. The fourth-order valence-corrected chi connectivity index (χ4v) is 3.27. The van der Waals surface area contributed by atoms with Gasteiger partial charge >= 0.3 is 6.03 Å². The van der Waals surface area contributed by atoms with Crippen molar-refractivity contribution < 1.29 is 14.4 Å². The van der Waals surface area contributed by atoms with Gasteiger partial charge < -0.3 is 10.6 Å². The van der Waals surface area contributed by atoms with Crippen molar-refractivity contribution in [3.63, 3.8) is 0 Å². The second-order valence-electron chi connectivity index (χ2n) is 5.53. The third-order valence-corrected chi connectivity index (χ3v) is 4.64. The molecule has 3 N–H and O–H groups in total. The first-order valence-corrected chi connectivity index (χ1v) is 8.72. The minimum atomic E-state index is -0.625. The molecule has 0 unspecified atom stereocenters. The summed E-state index contributed by atoms with van der Waals surface area (Å²) in [6, 6.07) is 2.67. The maximum atomic E-state index is 11.8. The van der Waals surface area contributed by atoms with Gasteiger partial charge in [0.2, 0.25) is 5.91 Å². The number of carbonyl (C=O) groups is 3. The molecule has 0 aliphatic carbocycles. The maximum absolute atomic E-state index is 11.8. The minimum absolute atomic E-state index is 0.154. The van der Waals surface area contributed by atoms with Crippen molar-refractivity contribution in [2.75, 3.05) is 6.54 Å². The summed E-state index contributed by atoms with van der Waals surface area (Å²) in [6.45, 7) is 0.474. The van der Waals surface area contributed by atoms with Gasteiger partial charge in [-0.05, 0) is 18.6 Å². The first-order chi connectivity index (χ1) is 12.1. The van der Waals surface area contributed by atoms with Gasteiger partial charge in [-0.25, -0.2) is 9.78 Å². The van der Waals surface area contributed by atoms with Crippen LogP contribution in [-0.2, 0) is 16.0 Å². The van der Waals surface area contributed by atoms with Crippen molar-refractivity contribution in [2.45, 2.75) is 25.3 Å². The third kappa shape index (κ3) is 4.60. The maximum Gasteiger partial charge on any atom is 0.322 e. The van der Waals surface area contributed by atoms with Crippen LogP contribution in [0.2, 0.25) is 0 Å². The van der Waals surface area contributed by atoms with Crippen molar-refractivity contribution in [1.29, 1.82) is 0 Å². The lowest BCUT2D eigenvalue weighted by Gasteiger charge is -2.07. The summed E-state index contributed by atoms with van der Waals surface area (Å²) in [4.78, 5) is 42.7. The fourth-order valence-electron chi connectivity index (χ4n) is 2.40. The number of hydrogen-bond donors (Lipinski definition) is 3. The fraction of sp³-hybridized carbons (Fsp3) is 0.312. The molecule has 130 valence electrons. The molecule has 1 saturated heterocycles. The zero-order chi connectivity index (χ0) is 17.6. The smallest absolute Gasteiger partial charge is 0.322 e. The number of amides is 4. The number of pyridine rings is 1. The Balaban J connectivity index is 1.39. The summed E-state index contributed by atoms with van der Waals surface area (Å²) in [6.07, 6.45) is 4.55. The third-order valence-electron chi connectivity index (χ3n) is 3.70. The standard InChI is InChI=1S/C16H17N5O3S/c22-13(2-1-12-14(23)21-16(24)20-12)18-8-5-11-9-25-15(19-11)10-3-6-17-7-4-10/h3-4,6-7,9,12H,1-2,5,8H2,(H,18,22)(H2,20,21,23,24)/t12-/m0/s1. The Morgan fingerprint density at radius 2 is 2.08 bits per heavy atom. The van der Waals surface area contributed by atoms with Crippen molar-refractivity contribution in [3.8, 4) is 10.6 Å². The van der Waals surface area contributed by atoms with Crippen molar-refractivity contribution in [2.24, 2.45) is 0 Å². The van der Waals surface area contributed by atoms with Crippen LogP contribution in [0.3, 0.4) is 0 Å². The van der Waals surface area contributed by atoms with Gasteiger partial charge in [0.1, 0.15) is 11.0 Å². The predicted octanol–water partition coefficient (Wildman–Crippen LogP) is 0.852. The molecule has 1 atom stereocenters. The normalized spacial score (nSPS) is 16.4. The van der Waals surface area contributed by atoms with Gasteiger partial charge in [0.25, 0.3) is 5.91 Å². The minimum Gasteiger partial charge on any atom is -0.356 e. The first-order valence-electron chi connectivity index (χ1n) is 7.84. The summed E-state index contributed by atoms with van der Waals surface area (Å²) in [5, 5.41) is 10.3. The van der Waals surface area contributed by atoms with E-state index in [-0.39, 0.29) is 24.7 Å². The van der Waals surface area contributed by atoms with Gasteiger partial charge in [-0.15, -0.1) is 11.3 Å². The average molecular weight is 359 g/mol. The number of carbonyl (C=O) groups excluding carboxylic acids is 3. The molecule has 25 heavy (non-hydrogen) atoms. The molecule has 8 nitrogen and oxygen atoms in total. The Labute approximate surface area is 148 Å². The number of urea groups is 1. The number of rotatable bonds is 7. The Bertz CT molecular complexity index is 777. The van der Waals surface area contributed by atoms with Gasteiger partial charge in [-0.1, -0.05) is 0 Å². The van der Waals surface area contributed by atoms with Gasteiger partial charge in [-0.3, -0.25) is 19.9 Å². The molecule has 3 heterocycles. The monoisotopic (exact) mass is 359 g/mol. The molecule has 0 bridgehead atoms. The van der Waals surface area contributed by atoms with Crippen molar-refractivity contribution in [3.05, 3.63) is 35.6 Å². The van der Waals surface area contributed by atoms with E-state index in [1.54, 1.807) is 23.7 Å². The Morgan fingerprint density at radius 3 is 2.80 bits per heavy atom. The summed E-state index contributed by atoms with van der Waals surface area (Å²) in [7, 11) is 0. The molecule has 2 aromatic heterocycles. The zero-order valence-electron chi connectivity index (χ0n) is 13.3. The van der Waals surface area contributed by atoms with E-state index in [4.69, 9.17) is 0 Å². The van der Waals surface area contributed by atoms with E-state index < -0.39 is 12.1 Å². The van der Waals surface area contributed by atoms with Crippen LogP contribution in [0.5, 0.6) is 0 Å². The highest BCUT2D eigenvalue weighted by atomic mass is 32.1. The van der Waals surface area contributed by atoms with E-state index >= 15 is 0 Å². The Hall–Kier alpha value is -2.81. The number of imide groups is 1. The number of nitrogens with zero attached hydrogens (tertiary/aromatic N) is 2. The number of aromatic nitrogens is 2. The highest BCUT2D eigenvalue weighted by Crippen LogP contribution is 2.22. The summed E-state index contributed by atoms with van der Waals surface area (Å²) < 4.78 is 0. The average Bonchev–Trinajstić information content (AvgIpc) is 3.20. The summed E-state index contributed by atoms with van der Waals surface area (Å²) in [5.41, 5.74) is 1.94. The van der Waals surface area contributed by atoms with Crippen LogP contribution in [0.4, 0.5) is 4.79 Å². The SMILES string of the molecule is O=C(CC[C@@H]1NC(=O)NC1=O)NCCc1csc(-c2ccncc2)n1. The second kappa shape index (κ2) is 7.84. The second-order valence-corrected chi connectivity index (χ2v) is 6.39. The molecule has 1 fully saturated rings. The van der Waals surface area contributed by atoms with E-state index in [1.165, 1.54) is 0 Å². The van der Waals surface area contributed by atoms with Crippen LogP contribution in [0.15, 0.2) is 29.9 Å². The molecule has 2 aromatic rings. The quantitative estimate of drug-likeness (QED) is 0.635. The molecular weight excluding hydrogens is 342 g/mol. The molecule has 9 heteroatoms. The zero-order valence-corrected chi connectivity index (χ0v) is 14.1. The predicted molar refractivity (Wildman–Crippen MR) is 91.8 cm³/mol. The number of thiazole rings is 1. The van der Waals surface area contributed by atoms with Crippen LogP contribution in [0.1, 0.15) is 18.5 Å². The lowest BCUT2D eigenvalue weighted by atomic mass is 10.1. The van der Waals surface area contributed by atoms with E-state index in [0.717, 1.165) is 16.3 Å². The molecule has 0 aromatic carbocycles. The van der Waals surface area contributed by atoms with E-state index in [1.807, 2.05) is 17.5 Å². The Morgan fingerprint density at radius 1 is 1.28 bits per heavy atom. The van der Waals surface area contributed by atoms with E-state index in [9.17, 15) is 14.4 Å². The van der Waals surface area contributed by atoms with Gasteiger partial charge in [0, 0.05) is 42.7 Å². The van der Waals surface area contributed by atoms with Gasteiger partial charge in [0.05, 0.1) is 5.69 Å². The number of hydrogen-bond acceptors (Lipinski definition) is 6. The van der Waals surface area contributed by atoms with Crippen LogP contribution >= 0.6 is 11.3 Å². The topological polar surface area (TPSA) is 113 Å². The van der Waals surface area contributed by atoms with E-state index in [0.29, 0.717) is 13.0 Å². The van der Waals surface area contributed by atoms with Gasteiger partial charge in [0.15, 0.2) is 0 Å². The molecule has 0 radical (unpaired) electrons. The Kier molecular flexibility index (Phi) is 5.34.